The number of nitrogens with one attached hydrogen (secondary N) is 2. The number of hydrogen-bond acceptors (Lipinski definition) is 5. The largest absolute Gasteiger partial charge is 0.387 e. The number of aliphatic hydroxyl groups is 1. The number of nitrogens with zero attached hydrogens (tertiary/aromatic N) is 4. The predicted molar refractivity (Wildman–Crippen MR) is 120 cm³/mol. The number of halogens is 1. The second-order valence-electron chi connectivity index (χ2n) is 7.02. The number of anilines is 1. The predicted octanol–water partition coefficient (Wildman–Crippen LogP) is 1.43. The van der Waals surface area contributed by atoms with E-state index in [1.54, 1.807) is 11.8 Å². The third kappa shape index (κ3) is 5.91. The molecular weight excluding hydrogens is 463 g/mol. The van der Waals surface area contributed by atoms with Gasteiger partial charge in [-0.2, -0.15) is 16.9 Å². The van der Waals surface area contributed by atoms with Crippen LogP contribution in [-0.2, 0) is 7.05 Å². The van der Waals surface area contributed by atoms with Crippen molar-refractivity contribution in [1.82, 2.24) is 20.4 Å². The van der Waals surface area contributed by atoms with Crippen LogP contribution in [0.1, 0.15) is 26.2 Å². The number of aromatic nitrogens is 2. The zero-order valence-electron chi connectivity index (χ0n) is 15.6. The number of aryl methyl sites for hydroxylation is 1. The Balaban J connectivity index is 0.00000243. The smallest absolute Gasteiger partial charge is 0.191 e. The Kier molecular flexibility index (Phi) is 8.34. The topological polar surface area (TPSA) is 77.7 Å². The zero-order chi connectivity index (χ0) is 17.7. The van der Waals surface area contributed by atoms with E-state index in [2.05, 4.69) is 38.7 Å². The Labute approximate surface area is 177 Å². The van der Waals surface area contributed by atoms with Gasteiger partial charge in [-0.3, -0.25) is 9.67 Å². The normalized spacial score (nSPS) is 26.5. The van der Waals surface area contributed by atoms with Gasteiger partial charge in [-0.25, -0.2) is 0 Å². The van der Waals surface area contributed by atoms with Gasteiger partial charge in [0, 0.05) is 44.7 Å². The summed E-state index contributed by atoms with van der Waals surface area (Å²) in [5.41, 5.74) is 0.537. The lowest BCUT2D eigenvalue weighted by molar-refractivity contribution is 0.0778. The third-order valence-corrected chi connectivity index (χ3v) is 6.01. The van der Waals surface area contributed by atoms with Crippen LogP contribution in [0.2, 0.25) is 0 Å². The SMILES string of the molecule is CCNC(=NCC1(O)CCSC1)NC1CCCN(c2cnn(C)c2)C1.I. The van der Waals surface area contributed by atoms with Gasteiger partial charge < -0.3 is 20.6 Å². The van der Waals surface area contributed by atoms with E-state index in [9.17, 15) is 5.11 Å². The van der Waals surface area contributed by atoms with Crippen LogP contribution < -0.4 is 15.5 Å². The number of rotatable bonds is 5. The van der Waals surface area contributed by atoms with Gasteiger partial charge in [0.25, 0.3) is 0 Å². The van der Waals surface area contributed by atoms with Gasteiger partial charge >= 0.3 is 0 Å². The fraction of sp³-hybridized carbons (Fsp3) is 0.765. The first-order valence-electron chi connectivity index (χ1n) is 9.16. The second kappa shape index (κ2) is 10.0. The molecule has 0 amide bonds. The van der Waals surface area contributed by atoms with Gasteiger partial charge in [0.2, 0.25) is 0 Å². The van der Waals surface area contributed by atoms with Crippen LogP contribution in [0.15, 0.2) is 17.4 Å². The van der Waals surface area contributed by atoms with Crippen molar-refractivity contribution in [2.75, 3.05) is 42.6 Å². The minimum absolute atomic E-state index is 0. The molecule has 0 aliphatic carbocycles. The summed E-state index contributed by atoms with van der Waals surface area (Å²) in [5.74, 6) is 2.62. The van der Waals surface area contributed by atoms with Crippen molar-refractivity contribution in [2.45, 2.75) is 37.8 Å². The first-order chi connectivity index (χ1) is 12.1. The molecule has 2 aliphatic heterocycles. The molecule has 2 saturated heterocycles. The maximum Gasteiger partial charge on any atom is 0.191 e. The third-order valence-electron chi connectivity index (χ3n) is 4.78. The average molecular weight is 494 g/mol. The van der Waals surface area contributed by atoms with E-state index < -0.39 is 5.60 Å². The lowest BCUT2D eigenvalue weighted by Crippen LogP contribution is -2.51. The van der Waals surface area contributed by atoms with Gasteiger partial charge in [-0.1, -0.05) is 0 Å². The van der Waals surface area contributed by atoms with E-state index in [1.165, 1.54) is 5.69 Å². The Morgan fingerprint density at radius 1 is 1.54 bits per heavy atom. The number of piperidine rings is 1. The van der Waals surface area contributed by atoms with Gasteiger partial charge in [-0.15, -0.1) is 24.0 Å². The van der Waals surface area contributed by atoms with Crippen LogP contribution >= 0.6 is 35.7 Å². The van der Waals surface area contributed by atoms with Crippen molar-refractivity contribution < 1.29 is 5.11 Å². The number of hydrogen-bond donors (Lipinski definition) is 3. The van der Waals surface area contributed by atoms with Gasteiger partial charge in [0.1, 0.15) is 0 Å². The maximum atomic E-state index is 10.5. The highest BCUT2D eigenvalue weighted by Gasteiger charge is 2.31. The number of guanidine groups is 1. The minimum Gasteiger partial charge on any atom is -0.387 e. The highest BCUT2D eigenvalue weighted by atomic mass is 127. The molecule has 148 valence electrons. The minimum atomic E-state index is -0.638. The molecule has 0 saturated carbocycles. The van der Waals surface area contributed by atoms with Crippen LogP contribution in [0.5, 0.6) is 0 Å². The van der Waals surface area contributed by atoms with E-state index >= 15 is 0 Å². The molecule has 26 heavy (non-hydrogen) atoms. The molecule has 3 heterocycles. The summed E-state index contributed by atoms with van der Waals surface area (Å²) in [7, 11) is 1.95. The average Bonchev–Trinajstić information content (AvgIpc) is 3.22. The van der Waals surface area contributed by atoms with Crippen LogP contribution in [0.25, 0.3) is 0 Å². The Morgan fingerprint density at radius 2 is 2.38 bits per heavy atom. The van der Waals surface area contributed by atoms with E-state index in [1.807, 2.05) is 17.9 Å². The molecule has 0 spiro atoms. The Morgan fingerprint density at radius 3 is 3.04 bits per heavy atom. The number of aliphatic imine (C=N–C) groups is 1. The second-order valence-corrected chi connectivity index (χ2v) is 8.13. The highest BCUT2D eigenvalue weighted by Crippen LogP contribution is 2.27. The zero-order valence-corrected chi connectivity index (χ0v) is 18.8. The highest BCUT2D eigenvalue weighted by molar-refractivity contribution is 14.0. The molecule has 3 N–H and O–H groups in total. The molecular formula is C17H31IN6OS. The van der Waals surface area contributed by atoms with Crippen molar-refractivity contribution in [2.24, 2.45) is 12.0 Å². The van der Waals surface area contributed by atoms with Crippen molar-refractivity contribution >= 4 is 47.4 Å². The van der Waals surface area contributed by atoms with Crippen LogP contribution in [0, 0.1) is 0 Å². The lowest BCUT2D eigenvalue weighted by atomic mass is 10.0. The molecule has 0 aromatic carbocycles. The summed E-state index contributed by atoms with van der Waals surface area (Å²) >= 11 is 1.81. The van der Waals surface area contributed by atoms with Crippen LogP contribution in [-0.4, -0.2) is 70.2 Å². The summed E-state index contributed by atoms with van der Waals surface area (Å²) in [5, 5.41) is 21.7. The van der Waals surface area contributed by atoms with Crippen molar-refractivity contribution in [3.8, 4) is 0 Å². The first kappa shape index (κ1) is 21.6. The number of thioether (sulfide) groups is 1. The monoisotopic (exact) mass is 494 g/mol. The molecule has 0 radical (unpaired) electrons. The maximum absolute atomic E-state index is 10.5. The van der Waals surface area contributed by atoms with E-state index in [0.29, 0.717) is 12.6 Å². The summed E-state index contributed by atoms with van der Waals surface area (Å²) in [4.78, 5) is 7.03. The molecule has 2 aliphatic rings. The van der Waals surface area contributed by atoms with Gasteiger partial charge in [0.05, 0.1) is 24.0 Å². The van der Waals surface area contributed by atoms with Gasteiger partial charge in [-0.05, 0) is 31.9 Å². The molecule has 1 aromatic rings. The fourth-order valence-corrected chi connectivity index (χ4v) is 4.65. The first-order valence-corrected chi connectivity index (χ1v) is 10.3. The molecule has 1 aromatic heterocycles. The van der Waals surface area contributed by atoms with Crippen molar-refractivity contribution in [3.63, 3.8) is 0 Å². The van der Waals surface area contributed by atoms with Crippen LogP contribution in [0.3, 0.4) is 0 Å². The van der Waals surface area contributed by atoms with Crippen molar-refractivity contribution in [1.29, 1.82) is 0 Å². The van der Waals surface area contributed by atoms with Crippen LogP contribution in [0.4, 0.5) is 5.69 Å². The summed E-state index contributed by atoms with van der Waals surface area (Å²) in [6.07, 6.45) is 7.09. The Bertz CT molecular complexity index is 590. The van der Waals surface area contributed by atoms with E-state index in [-0.39, 0.29) is 24.0 Å². The summed E-state index contributed by atoms with van der Waals surface area (Å²) in [6.45, 7) is 5.36. The molecule has 2 atom stereocenters. The fourth-order valence-electron chi connectivity index (χ4n) is 3.36. The quantitative estimate of drug-likeness (QED) is 0.327. The van der Waals surface area contributed by atoms with E-state index in [4.69, 9.17) is 0 Å². The summed E-state index contributed by atoms with van der Waals surface area (Å²) in [6, 6.07) is 0.347. The lowest BCUT2D eigenvalue weighted by Gasteiger charge is -2.34. The molecule has 2 unspecified atom stereocenters. The molecule has 0 bridgehead atoms. The molecule has 9 heteroatoms. The molecule has 3 rings (SSSR count). The molecule has 2 fully saturated rings. The Hall–Kier alpha value is -0.680. The standard InChI is InChI=1S/C17H30N6OS.HI/c1-3-18-16(19-12-17(24)6-8-25-13-17)21-14-5-4-7-23(10-14)15-9-20-22(2)11-15;/h9,11,14,24H,3-8,10,12-13H2,1-2H3,(H2,18,19,21);1H. The van der Waals surface area contributed by atoms with Gasteiger partial charge in [0.15, 0.2) is 5.96 Å². The molecule has 7 nitrogen and oxygen atoms in total. The van der Waals surface area contributed by atoms with Crippen molar-refractivity contribution in [3.05, 3.63) is 12.4 Å². The van der Waals surface area contributed by atoms with E-state index in [0.717, 1.165) is 56.4 Å². The summed E-state index contributed by atoms with van der Waals surface area (Å²) < 4.78 is 1.85.